The molecule has 0 aromatic carbocycles. The summed E-state index contributed by atoms with van der Waals surface area (Å²) < 4.78 is 5.63. The van der Waals surface area contributed by atoms with Gasteiger partial charge in [0.05, 0.1) is 18.2 Å². The number of nitrogens with one attached hydrogen (secondary N) is 1. The summed E-state index contributed by atoms with van der Waals surface area (Å²) in [5.41, 5.74) is -0.477. The number of nitrogens with zero attached hydrogens (tertiary/aromatic N) is 1. The zero-order chi connectivity index (χ0) is 12.2. The first-order valence-corrected chi connectivity index (χ1v) is 6.20. The fourth-order valence-corrected chi connectivity index (χ4v) is 2.60. The number of ether oxygens (including phenoxy) is 1. The lowest BCUT2D eigenvalue weighted by Crippen LogP contribution is -2.48. The average molecular weight is 303 g/mol. The molecule has 1 aromatic rings. The predicted octanol–water partition coefficient (Wildman–Crippen LogP) is 2.17. The molecule has 1 amide bonds. The van der Waals surface area contributed by atoms with E-state index < -0.39 is 5.54 Å². The van der Waals surface area contributed by atoms with Gasteiger partial charge in [-0.15, -0.1) is 0 Å². The van der Waals surface area contributed by atoms with Crippen molar-refractivity contribution in [2.45, 2.75) is 12.5 Å². The molecule has 0 aliphatic rings. The van der Waals surface area contributed by atoms with E-state index in [1.165, 1.54) is 18.4 Å². The predicted molar refractivity (Wildman–Crippen MR) is 65.4 cm³/mol. The minimum absolute atomic E-state index is 0.150. The summed E-state index contributed by atoms with van der Waals surface area (Å²) >= 11 is 4.69. The van der Waals surface area contributed by atoms with Crippen LogP contribution in [0.15, 0.2) is 15.2 Å². The summed E-state index contributed by atoms with van der Waals surface area (Å²) in [6, 6.07) is 2.02. The van der Waals surface area contributed by atoms with Gasteiger partial charge in [-0.3, -0.25) is 4.79 Å². The molecule has 0 saturated carbocycles. The Morgan fingerprint density at radius 3 is 2.88 bits per heavy atom. The van der Waals surface area contributed by atoms with E-state index in [-0.39, 0.29) is 12.5 Å². The van der Waals surface area contributed by atoms with Crippen molar-refractivity contribution >= 4 is 33.2 Å². The maximum Gasteiger partial charge on any atom is 0.254 e. The molecule has 0 aliphatic carbocycles. The molecule has 86 valence electrons. The summed E-state index contributed by atoms with van der Waals surface area (Å²) in [6.45, 7) is 1.77. The van der Waals surface area contributed by atoms with Crippen molar-refractivity contribution in [3.8, 4) is 6.07 Å². The minimum atomic E-state index is -1.01. The highest BCUT2D eigenvalue weighted by atomic mass is 79.9. The molecule has 1 atom stereocenters. The highest BCUT2D eigenvalue weighted by Gasteiger charge is 2.27. The van der Waals surface area contributed by atoms with Crippen LogP contribution in [0.1, 0.15) is 17.3 Å². The summed E-state index contributed by atoms with van der Waals surface area (Å²) in [5.74, 6) is -0.283. The lowest BCUT2D eigenvalue weighted by Gasteiger charge is -2.21. The second-order valence-electron chi connectivity index (χ2n) is 3.46. The van der Waals surface area contributed by atoms with Crippen molar-refractivity contribution in [3.05, 3.63) is 20.8 Å². The summed E-state index contributed by atoms with van der Waals surface area (Å²) in [4.78, 5) is 11.8. The number of hydrogen-bond acceptors (Lipinski definition) is 4. The molecule has 4 nitrogen and oxygen atoms in total. The molecule has 1 unspecified atom stereocenters. The summed E-state index contributed by atoms with van der Waals surface area (Å²) in [7, 11) is 1.49. The molecular formula is C10H11BrN2O2S. The van der Waals surface area contributed by atoms with Gasteiger partial charge in [0.2, 0.25) is 0 Å². The van der Waals surface area contributed by atoms with Gasteiger partial charge in [0.25, 0.3) is 5.91 Å². The highest BCUT2D eigenvalue weighted by molar-refractivity contribution is 9.10. The van der Waals surface area contributed by atoms with Crippen LogP contribution in [-0.4, -0.2) is 25.2 Å². The Morgan fingerprint density at radius 2 is 2.44 bits per heavy atom. The molecule has 0 aliphatic heterocycles. The molecular weight excluding hydrogens is 292 g/mol. The Labute approximate surface area is 106 Å². The molecule has 6 heteroatoms. The average Bonchev–Trinajstić information content (AvgIpc) is 2.65. The van der Waals surface area contributed by atoms with Crippen LogP contribution in [0, 0.1) is 11.3 Å². The van der Waals surface area contributed by atoms with Crippen LogP contribution in [-0.2, 0) is 4.74 Å². The van der Waals surface area contributed by atoms with E-state index in [2.05, 4.69) is 21.2 Å². The van der Waals surface area contributed by atoms with Gasteiger partial charge in [-0.1, -0.05) is 0 Å². The Bertz CT molecular complexity index is 427. The number of thiophene rings is 1. The third-order valence-electron chi connectivity index (χ3n) is 1.93. The van der Waals surface area contributed by atoms with E-state index in [0.29, 0.717) is 5.56 Å². The SMILES string of the molecule is COCC(C)(C#N)NC(=O)c1cscc1Br. The first kappa shape index (κ1) is 13.2. The normalized spacial score (nSPS) is 13.9. The molecule has 0 radical (unpaired) electrons. The standard InChI is InChI=1S/C10H11BrN2O2S/c1-10(5-12,6-15-2)13-9(14)7-3-16-4-8(7)11/h3-4H,6H2,1-2H3,(H,13,14). The number of carbonyl (C=O) groups excluding carboxylic acids is 1. The van der Waals surface area contributed by atoms with Gasteiger partial charge in [0.1, 0.15) is 5.54 Å². The smallest absolute Gasteiger partial charge is 0.254 e. The van der Waals surface area contributed by atoms with Gasteiger partial charge in [-0.25, -0.2) is 0 Å². The van der Waals surface area contributed by atoms with Crippen molar-refractivity contribution < 1.29 is 9.53 Å². The monoisotopic (exact) mass is 302 g/mol. The van der Waals surface area contributed by atoms with Gasteiger partial charge in [-0.2, -0.15) is 16.6 Å². The molecule has 0 fully saturated rings. The quantitative estimate of drug-likeness (QED) is 0.927. The second-order valence-corrected chi connectivity index (χ2v) is 5.06. The topological polar surface area (TPSA) is 62.1 Å². The Kier molecular flexibility index (Phi) is 4.47. The molecule has 1 N–H and O–H groups in total. The van der Waals surface area contributed by atoms with Crippen LogP contribution >= 0.6 is 27.3 Å². The van der Waals surface area contributed by atoms with E-state index in [1.54, 1.807) is 12.3 Å². The third kappa shape index (κ3) is 3.04. The van der Waals surface area contributed by atoms with Crippen LogP contribution in [0.4, 0.5) is 0 Å². The van der Waals surface area contributed by atoms with E-state index in [0.717, 1.165) is 4.47 Å². The van der Waals surface area contributed by atoms with E-state index in [9.17, 15) is 4.79 Å². The summed E-state index contributed by atoms with van der Waals surface area (Å²) in [6.07, 6.45) is 0. The van der Waals surface area contributed by atoms with Crippen molar-refractivity contribution in [2.75, 3.05) is 13.7 Å². The Balaban J connectivity index is 2.79. The van der Waals surface area contributed by atoms with E-state index in [4.69, 9.17) is 10.00 Å². The number of nitriles is 1. The number of carbonyl (C=O) groups is 1. The lowest BCUT2D eigenvalue weighted by atomic mass is 10.1. The highest BCUT2D eigenvalue weighted by Crippen LogP contribution is 2.21. The van der Waals surface area contributed by atoms with Crippen LogP contribution in [0.3, 0.4) is 0 Å². The minimum Gasteiger partial charge on any atom is -0.381 e. The molecule has 1 aromatic heterocycles. The van der Waals surface area contributed by atoms with Crippen molar-refractivity contribution in [2.24, 2.45) is 0 Å². The number of amides is 1. The molecule has 0 spiro atoms. The zero-order valence-electron chi connectivity index (χ0n) is 8.91. The third-order valence-corrected chi connectivity index (χ3v) is 3.63. The molecule has 1 heterocycles. The van der Waals surface area contributed by atoms with E-state index in [1.807, 2.05) is 11.4 Å². The van der Waals surface area contributed by atoms with Crippen molar-refractivity contribution in [1.29, 1.82) is 5.26 Å². The molecule has 0 bridgehead atoms. The first-order chi connectivity index (χ1) is 7.52. The largest absolute Gasteiger partial charge is 0.381 e. The number of methoxy groups -OCH3 is 1. The van der Waals surface area contributed by atoms with Crippen LogP contribution in [0.25, 0.3) is 0 Å². The van der Waals surface area contributed by atoms with E-state index >= 15 is 0 Å². The lowest BCUT2D eigenvalue weighted by molar-refractivity contribution is 0.0860. The fraction of sp³-hybridized carbons (Fsp3) is 0.400. The number of halogens is 1. The fourth-order valence-electron chi connectivity index (χ4n) is 1.15. The van der Waals surface area contributed by atoms with Gasteiger partial charge >= 0.3 is 0 Å². The molecule has 0 saturated heterocycles. The zero-order valence-corrected chi connectivity index (χ0v) is 11.3. The second kappa shape index (κ2) is 5.43. The van der Waals surface area contributed by atoms with Gasteiger partial charge in [0.15, 0.2) is 0 Å². The Hall–Kier alpha value is -0.900. The summed E-state index contributed by atoms with van der Waals surface area (Å²) in [5, 5.41) is 15.2. The van der Waals surface area contributed by atoms with Crippen LogP contribution in [0.5, 0.6) is 0 Å². The van der Waals surface area contributed by atoms with Crippen molar-refractivity contribution in [1.82, 2.24) is 5.32 Å². The van der Waals surface area contributed by atoms with Gasteiger partial charge < -0.3 is 10.1 Å². The maximum atomic E-state index is 11.8. The van der Waals surface area contributed by atoms with Crippen molar-refractivity contribution in [3.63, 3.8) is 0 Å². The first-order valence-electron chi connectivity index (χ1n) is 4.47. The molecule has 16 heavy (non-hydrogen) atoms. The Morgan fingerprint density at radius 1 is 1.75 bits per heavy atom. The van der Waals surface area contributed by atoms with Gasteiger partial charge in [-0.05, 0) is 22.9 Å². The number of hydrogen-bond donors (Lipinski definition) is 1. The maximum absolute atomic E-state index is 11.8. The molecule has 1 rings (SSSR count). The number of rotatable bonds is 4. The van der Waals surface area contributed by atoms with Crippen LogP contribution in [0.2, 0.25) is 0 Å². The van der Waals surface area contributed by atoms with Gasteiger partial charge in [0, 0.05) is 22.3 Å². The van der Waals surface area contributed by atoms with Crippen LogP contribution < -0.4 is 5.32 Å².